The first-order valence-electron chi connectivity index (χ1n) is 5.97. The van der Waals surface area contributed by atoms with Gasteiger partial charge in [0.2, 0.25) is 0 Å². The number of piperazine rings is 1. The van der Waals surface area contributed by atoms with Crippen molar-refractivity contribution in [3.8, 4) is 0 Å². The number of carbonyl (C=O) groups excluding carboxylic acids is 1. The molecule has 0 radical (unpaired) electrons. The molecular formula is C12H24N2O2. The molecule has 0 aliphatic carbocycles. The molecule has 0 spiro atoms. The lowest BCUT2D eigenvalue weighted by Crippen LogP contribution is -2.55. The van der Waals surface area contributed by atoms with Crippen molar-refractivity contribution in [1.82, 2.24) is 9.80 Å². The largest absolute Gasteiger partial charge is 0.369 e. The van der Waals surface area contributed by atoms with Crippen molar-refractivity contribution in [3.63, 3.8) is 0 Å². The molecule has 1 heterocycles. The fraction of sp³-hybridized carbons (Fsp3) is 0.917. The predicted octanol–water partition coefficient (Wildman–Crippen LogP) is 0.964. The van der Waals surface area contributed by atoms with E-state index in [-0.39, 0.29) is 5.91 Å². The summed E-state index contributed by atoms with van der Waals surface area (Å²) in [4.78, 5) is 16.4. The van der Waals surface area contributed by atoms with Gasteiger partial charge < -0.3 is 9.64 Å². The Morgan fingerprint density at radius 1 is 1.19 bits per heavy atom. The Hall–Kier alpha value is -0.610. The minimum Gasteiger partial charge on any atom is -0.369 e. The lowest BCUT2D eigenvalue weighted by atomic mass is 10.1. The molecule has 0 bridgehead atoms. The van der Waals surface area contributed by atoms with Gasteiger partial charge in [0.15, 0.2) is 0 Å². The Balaban J connectivity index is 2.51. The Kier molecular flexibility index (Phi) is 4.33. The van der Waals surface area contributed by atoms with Crippen LogP contribution in [0.2, 0.25) is 0 Å². The van der Waals surface area contributed by atoms with E-state index in [1.54, 1.807) is 7.11 Å². The Labute approximate surface area is 98.5 Å². The molecule has 1 rings (SSSR count). The summed E-state index contributed by atoms with van der Waals surface area (Å²) in [6, 6.07) is 0.563. The first-order chi connectivity index (χ1) is 7.38. The van der Waals surface area contributed by atoms with Gasteiger partial charge in [-0.1, -0.05) is 0 Å². The van der Waals surface area contributed by atoms with Gasteiger partial charge in [-0.05, 0) is 27.7 Å². The first kappa shape index (κ1) is 13.5. The fourth-order valence-electron chi connectivity index (χ4n) is 1.91. The fourth-order valence-corrected chi connectivity index (χ4v) is 1.91. The zero-order valence-corrected chi connectivity index (χ0v) is 11.1. The third-order valence-corrected chi connectivity index (χ3v) is 3.36. The maximum Gasteiger partial charge on any atom is 0.254 e. The van der Waals surface area contributed by atoms with Crippen LogP contribution in [0.1, 0.15) is 27.7 Å². The van der Waals surface area contributed by atoms with Gasteiger partial charge >= 0.3 is 0 Å². The molecule has 1 amide bonds. The summed E-state index contributed by atoms with van der Waals surface area (Å²) < 4.78 is 5.22. The van der Waals surface area contributed by atoms with Gasteiger partial charge in [-0.2, -0.15) is 0 Å². The second kappa shape index (κ2) is 5.15. The minimum atomic E-state index is -0.694. The maximum absolute atomic E-state index is 12.1. The van der Waals surface area contributed by atoms with Crippen LogP contribution in [-0.4, -0.2) is 60.6 Å². The highest BCUT2D eigenvalue weighted by Crippen LogP contribution is 2.15. The van der Waals surface area contributed by atoms with E-state index in [4.69, 9.17) is 4.74 Å². The van der Waals surface area contributed by atoms with E-state index in [0.717, 1.165) is 26.2 Å². The van der Waals surface area contributed by atoms with Gasteiger partial charge in [0.05, 0.1) is 0 Å². The minimum absolute atomic E-state index is 0.0957. The molecule has 0 aromatic heterocycles. The number of rotatable bonds is 3. The molecule has 0 atom stereocenters. The third kappa shape index (κ3) is 2.95. The summed E-state index contributed by atoms with van der Waals surface area (Å²) >= 11 is 0. The highest BCUT2D eigenvalue weighted by atomic mass is 16.5. The van der Waals surface area contributed by atoms with Crippen molar-refractivity contribution >= 4 is 5.91 Å². The summed E-state index contributed by atoms with van der Waals surface area (Å²) in [5, 5.41) is 0. The zero-order valence-electron chi connectivity index (χ0n) is 11.1. The van der Waals surface area contributed by atoms with Crippen LogP contribution in [-0.2, 0) is 9.53 Å². The Morgan fingerprint density at radius 3 is 2.06 bits per heavy atom. The molecule has 16 heavy (non-hydrogen) atoms. The van der Waals surface area contributed by atoms with Crippen molar-refractivity contribution in [1.29, 1.82) is 0 Å². The summed E-state index contributed by atoms with van der Waals surface area (Å²) in [7, 11) is 1.59. The number of hydrogen-bond acceptors (Lipinski definition) is 3. The van der Waals surface area contributed by atoms with Crippen molar-refractivity contribution in [3.05, 3.63) is 0 Å². The van der Waals surface area contributed by atoms with Gasteiger partial charge in [0, 0.05) is 39.3 Å². The molecule has 0 N–H and O–H groups in total. The molecular weight excluding hydrogens is 204 g/mol. The van der Waals surface area contributed by atoms with E-state index in [9.17, 15) is 4.79 Å². The molecule has 0 saturated carbocycles. The van der Waals surface area contributed by atoms with Crippen molar-refractivity contribution < 1.29 is 9.53 Å². The summed E-state index contributed by atoms with van der Waals surface area (Å²) in [6.07, 6.45) is 0. The number of nitrogens with zero attached hydrogens (tertiary/aromatic N) is 2. The van der Waals surface area contributed by atoms with Crippen LogP contribution in [0.15, 0.2) is 0 Å². The quantitative estimate of drug-likeness (QED) is 0.721. The van der Waals surface area contributed by atoms with Gasteiger partial charge in [0.1, 0.15) is 5.60 Å². The molecule has 1 aliphatic heterocycles. The van der Waals surface area contributed by atoms with E-state index in [1.807, 2.05) is 18.7 Å². The van der Waals surface area contributed by atoms with Crippen LogP contribution in [0, 0.1) is 0 Å². The van der Waals surface area contributed by atoms with E-state index in [0.29, 0.717) is 6.04 Å². The Morgan fingerprint density at radius 2 is 1.69 bits per heavy atom. The lowest BCUT2D eigenvalue weighted by Gasteiger charge is -2.39. The van der Waals surface area contributed by atoms with Crippen LogP contribution >= 0.6 is 0 Å². The summed E-state index contributed by atoms with van der Waals surface area (Å²) in [5.41, 5.74) is -0.694. The van der Waals surface area contributed by atoms with Crippen LogP contribution in [0.3, 0.4) is 0 Å². The van der Waals surface area contributed by atoms with E-state index < -0.39 is 5.60 Å². The van der Waals surface area contributed by atoms with Crippen molar-refractivity contribution in [2.24, 2.45) is 0 Å². The highest BCUT2D eigenvalue weighted by Gasteiger charge is 2.33. The zero-order chi connectivity index (χ0) is 12.3. The monoisotopic (exact) mass is 228 g/mol. The molecule has 0 aromatic rings. The van der Waals surface area contributed by atoms with E-state index in [1.165, 1.54) is 0 Å². The van der Waals surface area contributed by atoms with Crippen LogP contribution in [0.5, 0.6) is 0 Å². The maximum atomic E-state index is 12.1. The molecule has 4 nitrogen and oxygen atoms in total. The van der Waals surface area contributed by atoms with E-state index >= 15 is 0 Å². The second-order valence-electron chi connectivity index (χ2n) is 5.14. The number of carbonyl (C=O) groups is 1. The second-order valence-corrected chi connectivity index (χ2v) is 5.14. The van der Waals surface area contributed by atoms with Crippen molar-refractivity contribution in [2.45, 2.75) is 39.3 Å². The predicted molar refractivity (Wildman–Crippen MR) is 64.4 cm³/mol. The molecule has 1 saturated heterocycles. The van der Waals surface area contributed by atoms with Crippen LogP contribution < -0.4 is 0 Å². The van der Waals surface area contributed by atoms with Gasteiger partial charge in [-0.25, -0.2) is 0 Å². The number of hydrogen-bond donors (Lipinski definition) is 0. The van der Waals surface area contributed by atoms with Crippen molar-refractivity contribution in [2.75, 3.05) is 33.3 Å². The average Bonchev–Trinajstić information content (AvgIpc) is 2.28. The lowest BCUT2D eigenvalue weighted by molar-refractivity contribution is -0.153. The van der Waals surface area contributed by atoms with Gasteiger partial charge in [-0.3, -0.25) is 9.69 Å². The topological polar surface area (TPSA) is 32.8 Å². The smallest absolute Gasteiger partial charge is 0.254 e. The summed E-state index contributed by atoms with van der Waals surface area (Å²) in [6.45, 7) is 11.6. The van der Waals surface area contributed by atoms with Gasteiger partial charge in [0.25, 0.3) is 5.91 Å². The molecule has 0 unspecified atom stereocenters. The number of amides is 1. The van der Waals surface area contributed by atoms with Gasteiger partial charge in [-0.15, -0.1) is 0 Å². The van der Waals surface area contributed by atoms with E-state index in [2.05, 4.69) is 18.7 Å². The molecule has 94 valence electrons. The van der Waals surface area contributed by atoms with Crippen LogP contribution in [0.25, 0.3) is 0 Å². The third-order valence-electron chi connectivity index (χ3n) is 3.36. The average molecular weight is 228 g/mol. The number of ether oxygens (including phenoxy) is 1. The molecule has 1 aliphatic rings. The Bertz CT molecular complexity index is 243. The standard InChI is InChI=1S/C12H24N2O2/c1-10(2)13-6-8-14(9-7-13)11(15)12(3,4)16-5/h10H,6-9H2,1-5H3. The normalized spacial score (nSPS) is 19.2. The molecule has 0 aromatic carbocycles. The molecule has 4 heteroatoms. The molecule has 1 fully saturated rings. The number of methoxy groups -OCH3 is 1. The van der Waals surface area contributed by atoms with Crippen LogP contribution in [0.4, 0.5) is 0 Å². The SMILES string of the molecule is COC(C)(C)C(=O)N1CCN(C(C)C)CC1. The summed E-state index contributed by atoms with van der Waals surface area (Å²) in [5.74, 6) is 0.0957. The highest BCUT2D eigenvalue weighted by molar-refractivity contribution is 5.84. The first-order valence-corrected chi connectivity index (χ1v) is 5.97.